The molecule has 2 aliphatic heterocycles. The van der Waals surface area contributed by atoms with Gasteiger partial charge in [-0.3, -0.25) is 28.8 Å². The number of Topliss-reactive ketones (excluding diaryl/α,β-unsaturated/α-hetero) is 1. The molecule has 2 N–H and O–H groups in total. The van der Waals surface area contributed by atoms with Gasteiger partial charge < -0.3 is 33.6 Å². The van der Waals surface area contributed by atoms with Crippen molar-refractivity contribution in [3.63, 3.8) is 0 Å². The molecule has 0 amide bonds. The van der Waals surface area contributed by atoms with Gasteiger partial charge in [0.15, 0.2) is 11.4 Å². The number of carboxylic acids is 1. The number of aliphatic carboxylic acids is 1. The Bertz CT molecular complexity index is 1510. The van der Waals surface area contributed by atoms with E-state index in [1.54, 1.807) is 26.8 Å². The van der Waals surface area contributed by atoms with Gasteiger partial charge in [0.05, 0.1) is 30.8 Å². The fraction of sp³-hybridized carbons (Fsp3) is 0.647. The highest BCUT2D eigenvalue weighted by atomic mass is 16.6. The summed E-state index contributed by atoms with van der Waals surface area (Å²) in [7, 11) is 0. The zero-order valence-electron chi connectivity index (χ0n) is 27.4. The molecule has 13 heteroatoms. The molecule has 0 bridgehead atoms. The van der Waals surface area contributed by atoms with E-state index >= 15 is 0 Å². The van der Waals surface area contributed by atoms with E-state index in [0.717, 1.165) is 6.92 Å². The summed E-state index contributed by atoms with van der Waals surface area (Å²) >= 11 is 0. The molecule has 1 unspecified atom stereocenters. The smallest absolute Gasteiger partial charge is 0.310 e. The topological polar surface area (TPSA) is 193 Å². The van der Waals surface area contributed by atoms with Crippen LogP contribution < -0.4 is 0 Å². The van der Waals surface area contributed by atoms with E-state index in [9.17, 15) is 39.0 Å². The standard InChI is InChI=1S/C34H42O13/c1-16(2)10-25(38)46-29-27(30(40)41)28(17(3)34(42)22(36)11-20(33(29,34)7)19-8-9-43-14-19)32(6)21-12-24(37)44-15-31(21,5)47-26(39)13-23(32)45-18(4)35/h8-9,14,16,20-21,23,27-29,42H,3,10-13,15H2,1-2,4-7H3,(H,40,41)/t20-,21-,23-,27-,28?,29-,31+,32+,33+,34+/m0/s1. The molecule has 47 heavy (non-hydrogen) atoms. The van der Waals surface area contributed by atoms with Crippen LogP contribution in [0.2, 0.25) is 0 Å². The van der Waals surface area contributed by atoms with Gasteiger partial charge in [-0.2, -0.15) is 0 Å². The van der Waals surface area contributed by atoms with Crippen LogP contribution in [0.1, 0.15) is 78.7 Å². The number of aliphatic hydroxyl groups is 1. The lowest BCUT2D eigenvalue weighted by Crippen LogP contribution is -2.71. The molecule has 1 aromatic rings. The number of rotatable bonds is 7. The summed E-state index contributed by atoms with van der Waals surface area (Å²) in [6.07, 6.45) is -1.55. The summed E-state index contributed by atoms with van der Waals surface area (Å²) in [6, 6.07) is 1.60. The molecule has 3 heterocycles. The Morgan fingerprint density at radius 1 is 1.06 bits per heavy atom. The predicted molar refractivity (Wildman–Crippen MR) is 159 cm³/mol. The van der Waals surface area contributed by atoms with Crippen LogP contribution in [0.15, 0.2) is 35.2 Å². The van der Waals surface area contributed by atoms with Gasteiger partial charge in [-0.15, -0.1) is 0 Å². The number of carbonyl (C=O) groups is 6. The largest absolute Gasteiger partial charge is 0.481 e. The first-order valence-corrected chi connectivity index (χ1v) is 15.8. The van der Waals surface area contributed by atoms with Crippen molar-refractivity contribution in [3.05, 3.63) is 36.3 Å². The molecule has 4 fully saturated rings. The number of hydrogen-bond acceptors (Lipinski definition) is 12. The van der Waals surface area contributed by atoms with E-state index in [2.05, 4.69) is 6.58 Å². The van der Waals surface area contributed by atoms with Gasteiger partial charge in [0.25, 0.3) is 0 Å². The number of cyclic esters (lactones) is 1. The molecular formula is C34H42O13. The summed E-state index contributed by atoms with van der Waals surface area (Å²) in [5.41, 5.74) is -7.21. The van der Waals surface area contributed by atoms with E-state index in [1.807, 2.05) is 0 Å². The first kappa shape index (κ1) is 34.3. The van der Waals surface area contributed by atoms with Crippen LogP contribution in [0.5, 0.6) is 0 Å². The molecule has 2 saturated heterocycles. The van der Waals surface area contributed by atoms with Gasteiger partial charge in [-0.05, 0) is 30.0 Å². The number of ketones is 1. The monoisotopic (exact) mass is 658 g/mol. The van der Waals surface area contributed by atoms with Crippen molar-refractivity contribution in [1.82, 2.24) is 0 Å². The number of furan rings is 1. The highest BCUT2D eigenvalue weighted by Crippen LogP contribution is 2.69. The third-order valence-electron chi connectivity index (χ3n) is 11.2. The molecule has 4 aliphatic rings. The van der Waals surface area contributed by atoms with Crippen molar-refractivity contribution in [2.75, 3.05) is 6.61 Å². The van der Waals surface area contributed by atoms with Crippen molar-refractivity contribution >= 4 is 35.6 Å². The molecule has 13 nitrogen and oxygen atoms in total. The lowest BCUT2D eigenvalue weighted by Gasteiger charge is -2.61. The van der Waals surface area contributed by atoms with Crippen molar-refractivity contribution in [1.29, 1.82) is 0 Å². The highest BCUT2D eigenvalue weighted by Gasteiger charge is 2.78. The Kier molecular flexibility index (Phi) is 8.48. The van der Waals surface area contributed by atoms with E-state index in [0.29, 0.717) is 5.56 Å². The number of fused-ring (bicyclic) bond motifs is 2. The third kappa shape index (κ3) is 5.08. The van der Waals surface area contributed by atoms with Crippen molar-refractivity contribution in [2.45, 2.75) is 96.6 Å². The maximum absolute atomic E-state index is 14.2. The Hall–Kier alpha value is -4.00. The lowest BCUT2D eigenvalue weighted by atomic mass is 9.44. The second-order valence-electron chi connectivity index (χ2n) is 14.5. The molecule has 1 aromatic heterocycles. The van der Waals surface area contributed by atoms with Crippen LogP contribution in [0.25, 0.3) is 0 Å². The molecule has 256 valence electrons. The number of esters is 4. The quantitative estimate of drug-likeness (QED) is 0.247. The number of hydrogen-bond donors (Lipinski definition) is 2. The van der Waals surface area contributed by atoms with Crippen LogP contribution in [0.3, 0.4) is 0 Å². The van der Waals surface area contributed by atoms with E-state index in [1.165, 1.54) is 26.4 Å². The number of carbonyl (C=O) groups excluding carboxylic acids is 5. The minimum absolute atomic E-state index is 0.0878. The van der Waals surface area contributed by atoms with Gasteiger partial charge >= 0.3 is 29.8 Å². The SMILES string of the molecule is C=C1C([C@@]2(C)[C@@H](OC(C)=O)CC(=O)O[C@]3(C)COC(=O)C[C@H]23)[C@H](C(=O)O)[C@H](OC(=O)CC(C)C)[C@@]2(C)[C@H](c3ccoc3)CC(=O)[C@]12O. The molecule has 10 atom stereocenters. The van der Waals surface area contributed by atoms with Crippen molar-refractivity contribution in [3.8, 4) is 0 Å². The van der Waals surface area contributed by atoms with Crippen molar-refractivity contribution in [2.24, 2.45) is 34.5 Å². The molecule has 2 saturated carbocycles. The van der Waals surface area contributed by atoms with Crippen molar-refractivity contribution < 1.29 is 62.3 Å². The fourth-order valence-corrected chi connectivity index (χ4v) is 9.13. The van der Waals surface area contributed by atoms with Gasteiger partial charge in [0.2, 0.25) is 0 Å². The normalized spacial score (nSPS) is 40.1. The third-order valence-corrected chi connectivity index (χ3v) is 11.2. The first-order valence-electron chi connectivity index (χ1n) is 15.8. The predicted octanol–water partition coefficient (Wildman–Crippen LogP) is 3.12. The van der Waals surface area contributed by atoms with Gasteiger partial charge in [0.1, 0.15) is 30.3 Å². The zero-order chi connectivity index (χ0) is 34.9. The van der Waals surface area contributed by atoms with Crippen LogP contribution in [0.4, 0.5) is 0 Å². The maximum Gasteiger partial charge on any atom is 0.310 e. The Morgan fingerprint density at radius 2 is 1.74 bits per heavy atom. The minimum Gasteiger partial charge on any atom is -0.481 e. The average molecular weight is 659 g/mol. The highest BCUT2D eigenvalue weighted by molar-refractivity contribution is 5.97. The van der Waals surface area contributed by atoms with Crippen LogP contribution in [-0.2, 0) is 47.7 Å². The lowest BCUT2D eigenvalue weighted by molar-refractivity contribution is -0.228. The van der Waals surface area contributed by atoms with Crippen LogP contribution >= 0.6 is 0 Å². The van der Waals surface area contributed by atoms with Crippen LogP contribution in [0, 0.1) is 34.5 Å². The molecule has 0 aromatic carbocycles. The number of ether oxygens (including phenoxy) is 4. The molecule has 5 rings (SSSR count). The van der Waals surface area contributed by atoms with Crippen LogP contribution in [-0.4, -0.2) is 75.9 Å². The van der Waals surface area contributed by atoms with Gasteiger partial charge in [-0.1, -0.05) is 34.3 Å². The molecular weight excluding hydrogens is 616 g/mol. The zero-order valence-corrected chi connectivity index (χ0v) is 27.4. The second kappa shape index (κ2) is 11.6. The Balaban J connectivity index is 1.82. The number of carboxylic acid groups (broad SMARTS) is 1. The Labute approximate surface area is 271 Å². The molecule has 0 spiro atoms. The fourth-order valence-electron chi connectivity index (χ4n) is 9.13. The Morgan fingerprint density at radius 3 is 2.32 bits per heavy atom. The minimum atomic E-state index is -2.47. The molecule has 2 aliphatic carbocycles. The first-order chi connectivity index (χ1) is 21.8. The summed E-state index contributed by atoms with van der Waals surface area (Å²) < 4.78 is 28.3. The van der Waals surface area contributed by atoms with Gasteiger partial charge in [0, 0.05) is 42.9 Å². The van der Waals surface area contributed by atoms with Gasteiger partial charge in [-0.25, -0.2) is 0 Å². The van der Waals surface area contributed by atoms with E-state index in [-0.39, 0.29) is 37.4 Å². The average Bonchev–Trinajstić information content (AvgIpc) is 3.54. The maximum atomic E-state index is 14.2. The summed E-state index contributed by atoms with van der Waals surface area (Å²) in [5.74, 6) is -10.5. The van der Waals surface area contributed by atoms with E-state index < -0.39 is 100.0 Å². The van der Waals surface area contributed by atoms with E-state index in [4.69, 9.17) is 23.4 Å². The second-order valence-corrected chi connectivity index (χ2v) is 14.5. The summed E-state index contributed by atoms with van der Waals surface area (Å²) in [6.45, 7) is 13.1. The summed E-state index contributed by atoms with van der Waals surface area (Å²) in [5, 5.41) is 23.9. The summed E-state index contributed by atoms with van der Waals surface area (Å²) in [4.78, 5) is 80.0. The molecule has 0 radical (unpaired) electrons.